The van der Waals surface area contributed by atoms with Crippen molar-refractivity contribution in [3.63, 3.8) is 0 Å². The van der Waals surface area contributed by atoms with E-state index in [1.165, 1.54) is 6.42 Å². The highest BCUT2D eigenvalue weighted by molar-refractivity contribution is 5.92. The molecule has 0 spiro atoms. The van der Waals surface area contributed by atoms with Gasteiger partial charge in [-0.3, -0.25) is 9.69 Å². The fourth-order valence-corrected chi connectivity index (χ4v) is 2.66. The number of nitrogens with one attached hydrogen (secondary N) is 2. The van der Waals surface area contributed by atoms with Gasteiger partial charge >= 0.3 is 0 Å². The number of ether oxygens (including phenoxy) is 1. The van der Waals surface area contributed by atoms with Gasteiger partial charge in [0, 0.05) is 24.3 Å². The second-order valence-electron chi connectivity index (χ2n) is 5.10. The molecule has 0 aliphatic carbocycles. The number of halogens is 1. The van der Waals surface area contributed by atoms with Crippen LogP contribution >= 0.6 is 12.4 Å². The van der Waals surface area contributed by atoms with Gasteiger partial charge in [0.05, 0.1) is 13.7 Å². The number of hydrogen-bond donors (Lipinski definition) is 2. The van der Waals surface area contributed by atoms with Crippen molar-refractivity contribution < 1.29 is 9.53 Å². The molecule has 2 rings (SSSR count). The number of rotatable bonds is 6. The van der Waals surface area contributed by atoms with E-state index in [-0.39, 0.29) is 18.3 Å². The molecule has 1 saturated heterocycles. The average Bonchev–Trinajstić information content (AvgIpc) is 2.86. The summed E-state index contributed by atoms with van der Waals surface area (Å²) in [6.07, 6.45) is 2.33. The molecule has 0 saturated carbocycles. The molecule has 0 bridgehead atoms. The lowest BCUT2D eigenvalue weighted by atomic mass is 10.2. The maximum atomic E-state index is 12.1. The number of methoxy groups -OCH3 is 1. The molecule has 1 aliphatic heterocycles. The standard InChI is InChI=1S/C15H23N3O2.ClH/c1-16-10-13-6-4-8-18(13)11-15(19)17-12-5-3-7-14(9-12)20-2;/h3,5,7,9,13,16H,4,6,8,10-11H2,1-2H3,(H,17,19);1H. The topological polar surface area (TPSA) is 53.6 Å². The minimum atomic E-state index is 0. The van der Waals surface area contributed by atoms with Crippen molar-refractivity contribution in [1.82, 2.24) is 10.2 Å². The van der Waals surface area contributed by atoms with E-state index in [4.69, 9.17) is 4.74 Å². The van der Waals surface area contributed by atoms with E-state index < -0.39 is 0 Å². The maximum Gasteiger partial charge on any atom is 0.238 e. The van der Waals surface area contributed by atoms with E-state index in [2.05, 4.69) is 15.5 Å². The lowest BCUT2D eigenvalue weighted by Crippen LogP contribution is -2.41. The Morgan fingerprint density at radius 2 is 2.29 bits per heavy atom. The van der Waals surface area contributed by atoms with Gasteiger partial charge in [-0.05, 0) is 38.6 Å². The second-order valence-corrected chi connectivity index (χ2v) is 5.10. The number of nitrogens with zero attached hydrogens (tertiary/aromatic N) is 1. The maximum absolute atomic E-state index is 12.1. The predicted octanol–water partition coefficient (Wildman–Crippen LogP) is 1.74. The van der Waals surface area contributed by atoms with Gasteiger partial charge in [0.25, 0.3) is 0 Å². The first-order chi connectivity index (χ1) is 9.72. The molecule has 5 nitrogen and oxygen atoms in total. The first-order valence-electron chi connectivity index (χ1n) is 7.05. The first-order valence-corrected chi connectivity index (χ1v) is 7.05. The molecular weight excluding hydrogens is 290 g/mol. The van der Waals surface area contributed by atoms with Gasteiger partial charge in [0.15, 0.2) is 0 Å². The van der Waals surface area contributed by atoms with Crippen molar-refractivity contribution in [3.05, 3.63) is 24.3 Å². The third-order valence-corrected chi connectivity index (χ3v) is 3.64. The number of carbonyl (C=O) groups is 1. The third kappa shape index (κ3) is 5.19. The molecule has 0 aromatic heterocycles. The molecule has 1 amide bonds. The van der Waals surface area contributed by atoms with Crippen LogP contribution in [0.1, 0.15) is 12.8 Å². The van der Waals surface area contributed by atoms with Crippen molar-refractivity contribution in [1.29, 1.82) is 0 Å². The summed E-state index contributed by atoms with van der Waals surface area (Å²) in [6, 6.07) is 7.89. The van der Waals surface area contributed by atoms with E-state index in [0.717, 1.165) is 30.9 Å². The van der Waals surface area contributed by atoms with E-state index >= 15 is 0 Å². The summed E-state index contributed by atoms with van der Waals surface area (Å²) in [5.74, 6) is 0.776. The van der Waals surface area contributed by atoms with Crippen LogP contribution in [0.5, 0.6) is 5.75 Å². The van der Waals surface area contributed by atoms with Crippen LogP contribution in [0.2, 0.25) is 0 Å². The Bertz CT molecular complexity index is 456. The Kier molecular flexibility index (Phi) is 7.50. The molecule has 0 radical (unpaired) electrons. The van der Waals surface area contributed by atoms with Crippen LogP contribution in [0.25, 0.3) is 0 Å². The molecule has 1 heterocycles. The summed E-state index contributed by atoms with van der Waals surface area (Å²) in [4.78, 5) is 14.3. The Labute approximate surface area is 132 Å². The normalized spacial score (nSPS) is 18.1. The highest BCUT2D eigenvalue weighted by Gasteiger charge is 2.25. The summed E-state index contributed by atoms with van der Waals surface area (Å²) in [5, 5.41) is 6.11. The van der Waals surface area contributed by atoms with Crippen LogP contribution in [0.4, 0.5) is 5.69 Å². The molecule has 2 N–H and O–H groups in total. The third-order valence-electron chi connectivity index (χ3n) is 3.64. The van der Waals surface area contributed by atoms with Gasteiger partial charge in [0.1, 0.15) is 5.75 Å². The van der Waals surface area contributed by atoms with Crippen LogP contribution in [0.3, 0.4) is 0 Å². The van der Waals surface area contributed by atoms with Gasteiger partial charge < -0.3 is 15.4 Å². The zero-order valence-corrected chi connectivity index (χ0v) is 13.4. The van der Waals surface area contributed by atoms with Crippen molar-refractivity contribution in [3.8, 4) is 5.75 Å². The van der Waals surface area contributed by atoms with Gasteiger partial charge in [-0.2, -0.15) is 0 Å². The lowest BCUT2D eigenvalue weighted by Gasteiger charge is -2.23. The number of benzene rings is 1. The van der Waals surface area contributed by atoms with Crippen LogP contribution in [0, 0.1) is 0 Å². The number of amides is 1. The van der Waals surface area contributed by atoms with Crippen LogP contribution in [-0.2, 0) is 4.79 Å². The SMILES string of the molecule is CNCC1CCCN1CC(=O)Nc1cccc(OC)c1.Cl. The summed E-state index contributed by atoms with van der Waals surface area (Å²) in [5.41, 5.74) is 0.777. The lowest BCUT2D eigenvalue weighted by molar-refractivity contribution is -0.117. The monoisotopic (exact) mass is 313 g/mol. The van der Waals surface area contributed by atoms with Gasteiger partial charge in [-0.25, -0.2) is 0 Å². The van der Waals surface area contributed by atoms with Crippen LogP contribution in [-0.4, -0.2) is 50.6 Å². The molecular formula is C15H24ClN3O2. The molecule has 1 unspecified atom stereocenters. The van der Waals surface area contributed by atoms with E-state index in [1.54, 1.807) is 7.11 Å². The molecule has 21 heavy (non-hydrogen) atoms. The number of anilines is 1. The van der Waals surface area contributed by atoms with Gasteiger partial charge in [-0.15, -0.1) is 12.4 Å². The predicted molar refractivity (Wildman–Crippen MR) is 87.4 cm³/mol. The van der Waals surface area contributed by atoms with E-state index in [0.29, 0.717) is 12.6 Å². The van der Waals surface area contributed by atoms with Crippen molar-refractivity contribution in [2.75, 3.05) is 39.1 Å². The van der Waals surface area contributed by atoms with Gasteiger partial charge in [-0.1, -0.05) is 6.07 Å². The number of likely N-dealkylation sites (N-methyl/N-ethyl adjacent to an activating group) is 1. The zero-order valence-electron chi connectivity index (χ0n) is 12.6. The number of hydrogen-bond acceptors (Lipinski definition) is 4. The highest BCUT2D eigenvalue weighted by atomic mass is 35.5. The molecule has 1 aromatic carbocycles. The number of likely N-dealkylation sites (tertiary alicyclic amines) is 1. The smallest absolute Gasteiger partial charge is 0.238 e. The summed E-state index contributed by atoms with van der Waals surface area (Å²) in [7, 11) is 3.57. The van der Waals surface area contributed by atoms with Crippen LogP contribution < -0.4 is 15.4 Å². The first kappa shape index (κ1) is 17.8. The quantitative estimate of drug-likeness (QED) is 0.840. The largest absolute Gasteiger partial charge is 0.497 e. The molecule has 1 aromatic rings. The fraction of sp³-hybridized carbons (Fsp3) is 0.533. The van der Waals surface area contributed by atoms with Gasteiger partial charge in [0.2, 0.25) is 5.91 Å². The Hall–Kier alpha value is -1.30. The number of carbonyl (C=O) groups excluding carboxylic acids is 1. The highest BCUT2D eigenvalue weighted by Crippen LogP contribution is 2.18. The van der Waals surface area contributed by atoms with Crippen molar-refractivity contribution in [2.45, 2.75) is 18.9 Å². The molecule has 118 valence electrons. The van der Waals surface area contributed by atoms with Crippen molar-refractivity contribution in [2.24, 2.45) is 0 Å². The second kappa shape index (κ2) is 8.87. The molecule has 6 heteroatoms. The van der Waals surface area contributed by atoms with E-state index in [1.807, 2.05) is 31.3 Å². The fourth-order valence-electron chi connectivity index (χ4n) is 2.66. The average molecular weight is 314 g/mol. The van der Waals surface area contributed by atoms with Crippen LogP contribution in [0.15, 0.2) is 24.3 Å². The molecule has 1 aliphatic rings. The molecule has 1 atom stereocenters. The van der Waals surface area contributed by atoms with E-state index in [9.17, 15) is 4.79 Å². The summed E-state index contributed by atoms with van der Waals surface area (Å²) >= 11 is 0. The Morgan fingerprint density at radius 1 is 1.48 bits per heavy atom. The summed E-state index contributed by atoms with van der Waals surface area (Å²) in [6.45, 7) is 2.38. The zero-order chi connectivity index (χ0) is 14.4. The Morgan fingerprint density at radius 3 is 3.00 bits per heavy atom. The minimum Gasteiger partial charge on any atom is -0.497 e. The van der Waals surface area contributed by atoms with Crippen molar-refractivity contribution >= 4 is 24.0 Å². The molecule has 1 fully saturated rings. The minimum absolute atomic E-state index is 0. The summed E-state index contributed by atoms with van der Waals surface area (Å²) < 4.78 is 5.15. The Balaban J connectivity index is 0.00000220.